The van der Waals surface area contributed by atoms with E-state index in [4.69, 9.17) is 25.8 Å². The van der Waals surface area contributed by atoms with Crippen molar-refractivity contribution in [3.63, 3.8) is 0 Å². The van der Waals surface area contributed by atoms with E-state index >= 15 is 0 Å². The second kappa shape index (κ2) is 7.25. The van der Waals surface area contributed by atoms with E-state index in [9.17, 15) is 0 Å². The Morgan fingerprint density at radius 2 is 1.87 bits per heavy atom. The number of fused-ring (bicyclic) bond motifs is 3. The molecule has 0 aliphatic carbocycles. The largest absolute Gasteiger partial charge is 0.456 e. The Labute approximate surface area is 180 Å². The van der Waals surface area contributed by atoms with Crippen LogP contribution in [0.2, 0.25) is 5.02 Å². The van der Waals surface area contributed by atoms with Gasteiger partial charge in [0.1, 0.15) is 24.2 Å². The van der Waals surface area contributed by atoms with E-state index in [1.54, 1.807) is 12.5 Å². The number of aromatic nitrogens is 3. The van der Waals surface area contributed by atoms with E-state index in [0.29, 0.717) is 29.8 Å². The number of halogens is 1. The van der Waals surface area contributed by atoms with Gasteiger partial charge in [-0.15, -0.1) is 10.2 Å². The Bertz CT molecular complexity index is 969. The fraction of sp³-hybridized carbons (Fsp3) is 0.545. The molecule has 2 fully saturated rings. The first kappa shape index (κ1) is 18.7. The highest BCUT2D eigenvalue weighted by Crippen LogP contribution is 2.39. The minimum atomic E-state index is -0.774. The minimum Gasteiger partial charge on any atom is -0.456 e. The highest BCUT2D eigenvalue weighted by atomic mass is 35.5. The van der Waals surface area contributed by atoms with Gasteiger partial charge in [-0.2, -0.15) is 0 Å². The van der Waals surface area contributed by atoms with Crippen LogP contribution in [0.25, 0.3) is 5.69 Å². The summed E-state index contributed by atoms with van der Waals surface area (Å²) in [6.07, 6.45) is 7.68. The Balaban J connectivity index is 1.33. The van der Waals surface area contributed by atoms with Crippen LogP contribution in [0.4, 0.5) is 0 Å². The molecule has 0 saturated carbocycles. The van der Waals surface area contributed by atoms with E-state index in [0.717, 1.165) is 68.5 Å². The van der Waals surface area contributed by atoms with Gasteiger partial charge >= 0.3 is 0 Å². The lowest BCUT2D eigenvalue weighted by atomic mass is 9.94. The molecule has 158 valence electrons. The van der Waals surface area contributed by atoms with Crippen molar-refractivity contribution < 1.29 is 14.2 Å². The van der Waals surface area contributed by atoms with Crippen LogP contribution in [0.5, 0.6) is 0 Å². The number of ether oxygens (including phenoxy) is 3. The summed E-state index contributed by atoms with van der Waals surface area (Å²) in [7, 11) is 0. The highest BCUT2D eigenvalue weighted by Gasteiger charge is 2.43. The molecular formula is C22H25ClN4O3. The molecule has 6 rings (SSSR count). The van der Waals surface area contributed by atoms with Crippen LogP contribution in [0.15, 0.2) is 30.7 Å². The van der Waals surface area contributed by atoms with Crippen LogP contribution in [0.3, 0.4) is 0 Å². The normalized spacial score (nSPS) is 25.6. The summed E-state index contributed by atoms with van der Waals surface area (Å²) >= 11 is 6.34. The van der Waals surface area contributed by atoms with E-state index in [1.807, 2.05) is 12.1 Å². The van der Waals surface area contributed by atoms with Gasteiger partial charge in [0.25, 0.3) is 5.79 Å². The molecule has 30 heavy (non-hydrogen) atoms. The summed E-state index contributed by atoms with van der Waals surface area (Å²) in [4.78, 5) is 2.58. The monoisotopic (exact) mass is 428 g/mol. The Morgan fingerprint density at radius 3 is 2.63 bits per heavy atom. The van der Waals surface area contributed by atoms with Gasteiger partial charge in [0.05, 0.1) is 25.1 Å². The summed E-state index contributed by atoms with van der Waals surface area (Å²) in [5.41, 5.74) is 2.17. The van der Waals surface area contributed by atoms with Gasteiger partial charge in [0.15, 0.2) is 0 Å². The van der Waals surface area contributed by atoms with Gasteiger partial charge in [0.2, 0.25) is 0 Å². The maximum atomic E-state index is 6.34. The standard InChI is InChI=1S/C22H25ClN4O3/c23-17-1-2-19-16(11-17)12-22(29-9-10-30-22)13-20-24-25-21(27(19)20)15-3-6-26(7-4-15)18-5-8-28-14-18/h1-2,9-11,15,18H,3-8,12-14H2/t18-/m1/s1. The van der Waals surface area contributed by atoms with Crippen LogP contribution >= 0.6 is 11.6 Å². The lowest BCUT2D eigenvalue weighted by Crippen LogP contribution is -2.41. The van der Waals surface area contributed by atoms with Gasteiger partial charge in [-0.05, 0) is 56.1 Å². The zero-order valence-electron chi connectivity index (χ0n) is 16.8. The minimum absolute atomic E-state index is 0.380. The molecule has 5 heterocycles. The third-order valence-corrected chi connectivity index (χ3v) is 7.10. The van der Waals surface area contributed by atoms with Crippen LogP contribution in [-0.2, 0) is 27.1 Å². The fourth-order valence-corrected chi connectivity index (χ4v) is 5.50. The van der Waals surface area contributed by atoms with Crippen molar-refractivity contribution in [3.05, 3.63) is 53.0 Å². The first-order chi connectivity index (χ1) is 14.7. The van der Waals surface area contributed by atoms with Crippen molar-refractivity contribution in [1.29, 1.82) is 0 Å². The second-order valence-electron chi connectivity index (χ2n) is 8.68. The molecule has 7 nitrogen and oxygen atoms in total. The molecule has 2 aromatic rings. The Morgan fingerprint density at radius 1 is 1.03 bits per heavy atom. The molecule has 2 saturated heterocycles. The van der Waals surface area contributed by atoms with Gasteiger partial charge in [0, 0.05) is 23.6 Å². The number of benzene rings is 1. The molecule has 0 amide bonds. The average molecular weight is 429 g/mol. The maximum Gasteiger partial charge on any atom is 0.260 e. The quantitative estimate of drug-likeness (QED) is 0.732. The SMILES string of the molecule is Clc1ccc2c(c1)CC1(Cc3nnc(C4CCN([C@@H]5CCOC5)CC4)n3-2)OC=CO1. The summed E-state index contributed by atoms with van der Waals surface area (Å²) in [6.45, 7) is 3.92. The van der Waals surface area contributed by atoms with Gasteiger partial charge in [-0.3, -0.25) is 9.47 Å². The number of hydrogen-bond donors (Lipinski definition) is 0. The van der Waals surface area contributed by atoms with Crippen molar-refractivity contribution in [2.45, 2.75) is 49.9 Å². The number of hydrogen-bond acceptors (Lipinski definition) is 6. The molecule has 1 aromatic carbocycles. The molecule has 8 heteroatoms. The van der Waals surface area contributed by atoms with Gasteiger partial charge in [-0.25, -0.2) is 0 Å². The molecule has 0 bridgehead atoms. The molecule has 1 spiro atoms. The van der Waals surface area contributed by atoms with Crippen LogP contribution in [0, 0.1) is 0 Å². The van der Waals surface area contributed by atoms with Crippen LogP contribution in [0.1, 0.15) is 42.4 Å². The molecule has 4 aliphatic rings. The fourth-order valence-electron chi connectivity index (χ4n) is 5.31. The Kier molecular flexibility index (Phi) is 4.51. The van der Waals surface area contributed by atoms with Crippen molar-refractivity contribution in [2.75, 3.05) is 26.3 Å². The Hall–Kier alpha value is -2.09. The van der Waals surface area contributed by atoms with E-state index in [1.165, 1.54) is 0 Å². The van der Waals surface area contributed by atoms with Crippen molar-refractivity contribution in [2.24, 2.45) is 0 Å². The first-order valence-electron chi connectivity index (χ1n) is 10.8. The number of likely N-dealkylation sites (tertiary alicyclic amines) is 1. The topological polar surface area (TPSA) is 61.6 Å². The summed E-state index contributed by atoms with van der Waals surface area (Å²) < 4.78 is 19.6. The molecular weight excluding hydrogens is 404 g/mol. The van der Waals surface area contributed by atoms with Gasteiger partial charge in [-0.1, -0.05) is 11.6 Å². The molecule has 0 N–H and O–H groups in total. The predicted molar refractivity (Wildman–Crippen MR) is 111 cm³/mol. The van der Waals surface area contributed by atoms with Crippen molar-refractivity contribution in [3.8, 4) is 5.69 Å². The maximum absolute atomic E-state index is 6.34. The lowest BCUT2D eigenvalue weighted by Gasteiger charge is -2.35. The number of piperidine rings is 1. The molecule has 0 unspecified atom stereocenters. The molecule has 1 aromatic heterocycles. The van der Waals surface area contributed by atoms with E-state index < -0.39 is 5.79 Å². The molecule has 4 aliphatic heterocycles. The van der Waals surface area contributed by atoms with Crippen LogP contribution < -0.4 is 0 Å². The average Bonchev–Trinajstić information content (AvgIpc) is 3.49. The number of nitrogens with zero attached hydrogens (tertiary/aromatic N) is 4. The molecule has 1 atom stereocenters. The third-order valence-electron chi connectivity index (χ3n) is 6.86. The van der Waals surface area contributed by atoms with Crippen LogP contribution in [-0.4, -0.2) is 57.8 Å². The smallest absolute Gasteiger partial charge is 0.260 e. The zero-order chi connectivity index (χ0) is 20.1. The molecule has 0 radical (unpaired) electrons. The third kappa shape index (κ3) is 3.11. The van der Waals surface area contributed by atoms with E-state index in [-0.39, 0.29) is 0 Å². The van der Waals surface area contributed by atoms with Crippen molar-refractivity contribution >= 4 is 11.6 Å². The second-order valence-corrected chi connectivity index (χ2v) is 9.12. The highest BCUT2D eigenvalue weighted by molar-refractivity contribution is 6.30. The predicted octanol–water partition coefficient (Wildman–Crippen LogP) is 3.20. The summed E-state index contributed by atoms with van der Waals surface area (Å²) in [6, 6.07) is 6.59. The number of rotatable bonds is 2. The van der Waals surface area contributed by atoms with E-state index in [2.05, 4.69) is 25.7 Å². The van der Waals surface area contributed by atoms with Gasteiger partial charge < -0.3 is 14.2 Å². The lowest BCUT2D eigenvalue weighted by molar-refractivity contribution is -0.139. The summed E-state index contributed by atoms with van der Waals surface area (Å²) in [5.74, 6) is 1.52. The summed E-state index contributed by atoms with van der Waals surface area (Å²) in [5, 5.41) is 9.96. The van der Waals surface area contributed by atoms with Crippen molar-refractivity contribution in [1.82, 2.24) is 19.7 Å². The first-order valence-corrected chi connectivity index (χ1v) is 11.1. The zero-order valence-corrected chi connectivity index (χ0v) is 17.6.